The van der Waals surface area contributed by atoms with E-state index < -0.39 is 0 Å². The van der Waals surface area contributed by atoms with E-state index in [0.717, 1.165) is 32.8 Å². The van der Waals surface area contributed by atoms with E-state index in [-0.39, 0.29) is 5.91 Å². The minimum atomic E-state index is 0.0354. The molecular weight excluding hydrogens is 192 g/mol. The van der Waals surface area contributed by atoms with Crippen LogP contribution < -0.4 is 0 Å². The van der Waals surface area contributed by atoms with Gasteiger partial charge >= 0.3 is 0 Å². The van der Waals surface area contributed by atoms with Gasteiger partial charge in [-0.15, -0.1) is 0 Å². The van der Waals surface area contributed by atoms with Gasteiger partial charge in [0.15, 0.2) is 0 Å². The second-order valence-electron chi connectivity index (χ2n) is 3.87. The maximum absolute atomic E-state index is 11.4. The third-order valence-corrected chi connectivity index (χ3v) is 2.83. The maximum Gasteiger partial charge on any atom is 0.246 e. The second-order valence-corrected chi connectivity index (χ2v) is 3.87. The molecule has 4 nitrogen and oxygen atoms in total. The number of carbonyl (C=O) groups excluding carboxylic acids is 1. The summed E-state index contributed by atoms with van der Waals surface area (Å²) in [5, 5.41) is 0. The average molecular weight is 212 g/mol. The zero-order chi connectivity index (χ0) is 11.3. The predicted molar refractivity (Wildman–Crippen MR) is 59.7 cm³/mol. The fourth-order valence-corrected chi connectivity index (χ4v) is 1.87. The molecule has 1 atom stereocenters. The van der Waals surface area contributed by atoms with Crippen LogP contribution in [0.5, 0.6) is 0 Å². The Hall–Kier alpha value is -0.870. The van der Waals surface area contributed by atoms with Crippen molar-refractivity contribution in [2.24, 2.45) is 0 Å². The van der Waals surface area contributed by atoms with Gasteiger partial charge < -0.3 is 9.64 Å². The number of ether oxygens (including phenoxy) is 1. The molecule has 1 rings (SSSR count). The van der Waals surface area contributed by atoms with E-state index in [1.807, 2.05) is 4.90 Å². The first-order valence-electron chi connectivity index (χ1n) is 5.33. The minimum absolute atomic E-state index is 0.0354. The molecule has 0 aromatic carbocycles. The Morgan fingerprint density at radius 3 is 2.87 bits per heavy atom. The lowest BCUT2D eigenvalue weighted by atomic mass is 10.2. The van der Waals surface area contributed by atoms with Crippen molar-refractivity contribution in [3.8, 4) is 0 Å². The van der Waals surface area contributed by atoms with Gasteiger partial charge in [0.05, 0.1) is 6.61 Å². The van der Waals surface area contributed by atoms with Crippen molar-refractivity contribution >= 4 is 5.91 Å². The van der Waals surface area contributed by atoms with Crippen LogP contribution in [0.25, 0.3) is 0 Å². The number of methoxy groups -OCH3 is 1. The van der Waals surface area contributed by atoms with Gasteiger partial charge in [0, 0.05) is 39.3 Å². The fourth-order valence-electron chi connectivity index (χ4n) is 1.87. The van der Waals surface area contributed by atoms with Crippen molar-refractivity contribution in [2.45, 2.75) is 13.0 Å². The van der Waals surface area contributed by atoms with Crippen LogP contribution in [0.2, 0.25) is 0 Å². The van der Waals surface area contributed by atoms with Gasteiger partial charge in [-0.2, -0.15) is 0 Å². The lowest BCUT2D eigenvalue weighted by molar-refractivity contribution is -0.128. The molecule has 0 aliphatic carbocycles. The molecule has 1 amide bonds. The number of hydrogen-bond donors (Lipinski definition) is 0. The smallest absolute Gasteiger partial charge is 0.246 e. The number of hydrogen-bond acceptors (Lipinski definition) is 3. The third kappa shape index (κ3) is 3.32. The molecule has 0 aromatic rings. The van der Waals surface area contributed by atoms with Crippen LogP contribution in [0.1, 0.15) is 6.92 Å². The van der Waals surface area contributed by atoms with Crippen LogP contribution in [0.4, 0.5) is 0 Å². The van der Waals surface area contributed by atoms with Crippen molar-refractivity contribution in [2.75, 3.05) is 39.9 Å². The van der Waals surface area contributed by atoms with Gasteiger partial charge in [-0.05, 0) is 13.0 Å². The van der Waals surface area contributed by atoms with Crippen molar-refractivity contribution in [1.82, 2.24) is 9.80 Å². The largest absolute Gasteiger partial charge is 0.383 e. The number of piperazine rings is 1. The highest BCUT2D eigenvalue weighted by molar-refractivity contribution is 5.87. The van der Waals surface area contributed by atoms with Crippen LogP contribution in [0, 0.1) is 0 Å². The van der Waals surface area contributed by atoms with Gasteiger partial charge in [0.25, 0.3) is 0 Å². The average Bonchev–Trinajstić information content (AvgIpc) is 2.26. The van der Waals surface area contributed by atoms with Crippen LogP contribution in [-0.2, 0) is 9.53 Å². The molecule has 1 saturated heterocycles. The van der Waals surface area contributed by atoms with Gasteiger partial charge in [0.2, 0.25) is 5.91 Å². The lowest BCUT2D eigenvalue weighted by Gasteiger charge is -2.39. The molecule has 0 aromatic heterocycles. The first-order chi connectivity index (χ1) is 7.19. The van der Waals surface area contributed by atoms with Crippen molar-refractivity contribution in [3.05, 3.63) is 12.7 Å². The second kappa shape index (κ2) is 5.88. The maximum atomic E-state index is 11.4. The predicted octanol–water partition coefficient (Wildman–Crippen LogP) is 0.351. The van der Waals surface area contributed by atoms with E-state index in [9.17, 15) is 4.79 Å². The highest BCUT2D eigenvalue weighted by atomic mass is 16.5. The number of rotatable bonds is 4. The summed E-state index contributed by atoms with van der Waals surface area (Å²) in [6.45, 7) is 9.83. The van der Waals surface area contributed by atoms with Crippen LogP contribution >= 0.6 is 0 Å². The first kappa shape index (κ1) is 12.2. The summed E-state index contributed by atoms with van der Waals surface area (Å²) < 4.78 is 5.05. The molecular formula is C11H20N2O2. The zero-order valence-electron chi connectivity index (χ0n) is 9.61. The van der Waals surface area contributed by atoms with Crippen LogP contribution in [0.15, 0.2) is 12.7 Å². The molecule has 0 unspecified atom stereocenters. The Balaban J connectivity index is 2.40. The lowest BCUT2D eigenvalue weighted by Crippen LogP contribution is -2.53. The first-order valence-corrected chi connectivity index (χ1v) is 5.33. The standard InChI is InChI=1S/C11H20N2O2/c1-4-11(14)13-6-5-12(7-8-15-3)10(2)9-13/h4,10H,1,5-9H2,2-3H3/t10-/m0/s1. The molecule has 1 fully saturated rings. The molecule has 1 aliphatic heterocycles. The normalized spacial score (nSPS) is 22.8. The van der Waals surface area contributed by atoms with Crippen LogP contribution in [-0.4, -0.2) is 61.6 Å². The summed E-state index contributed by atoms with van der Waals surface area (Å²) in [6, 6.07) is 0.401. The monoisotopic (exact) mass is 212 g/mol. The quantitative estimate of drug-likeness (QED) is 0.630. The van der Waals surface area contributed by atoms with Gasteiger partial charge in [-0.1, -0.05) is 6.58 Å². The number of nitrogens with zero attached hydrogens (tertiary/aromatic N) is 2. The van der Waals surface area contributed by atoms with Gasteiger partial charge in [-0.3, -0.25) is 9.69 Å². The molecule has 1 heterocycles. The fraction of sp³-hybridized carbons (Fsp3) is 0.727. The highest BCUT2D eigenvalue weighted by Crippen LogP contribution is 2.09. The number of carbonyl (C=O) groups is 1. The summed E-state index contributed by atoms with van der Waals surface area (Å²) in [6.07, 6.45) is 1.39. The van der Waals surface area contributed by atoms with Crippen molar-refractivity contribution < 1.29 is 9.53 Å². The highest BCUT2D eigenvalue weighted by Gasteiger charge is 2.24. The SMILES string of the molecule is C=CC(=O)N1CCN(CCOC)[C@@H](C)C1. The molecule has 0 bridgehead atoms. The number of amides is 1. The minimum Gasteiger partial charge on any atom is -0.383 e. The van der Waals surface area contributed by atoms with Gasteiger partial charge in [0.1, 0.15) is 0 Å². The van der Waals surface area contributed by atoms with Crippen molar-refractivity contribution in [3.63, 3.8) is 0 Å². The molecule has 0 radical (unpaired) electrons. The summed E-state index contributed by atoms with van der Waals surface area (Å²) in [5.74, 6) is 0.0354. The van der Waals surface area contributed by atoms with E-state index in [1.165, 1.54) is 6.08 Å². The van der Waals surface area contributed by atoms with Crippen molar-refractivity contribution in [1.29, 1.82) is 0 Å². The summed E-state index contributed by atoms with van der Waals surface area (Å²) in [7, 11) is 1.71. The van der Waals surface area contributed by atoms with Crippen LogP contribution in [0.3, 0.4) is 0 Å². The summed E-state index contributed by atoms with van der Waals surface area (Å²) >= 11 is 0. The summed E-state index contributed by atoms with van der Waals surface area (Å²) in [4.78, 5) is 15.6. The van der Waals surface area contributed by atoms with E-state index >= 15 is 0 Å². The Morgan fingerprint density at radius 1 is 1.60 bits per heavy atom. The molecule has 15 heavy (non-hydrogen) atoms. The zero-order valence-corrected chi connectivity index (χ0v) is 9.61. The Kier molecular flexibility index (Phi) is 4.78. The molecule has 86 valence electrons. The Bertz CT molecular complexity index is 231. The molecule has 0 saturated carbocycles. The molecule has 0 N–H and O–H groups in total. The van der Waals surface area contributed by atoms with E-state index in [4.69, 9.17) is 4.74 Å². The molecule has 0 spiro atoms. The Morgan fingerprint density at radius 2 is 2.33 bits per heavy atom. The summed E-state index contributed by atoms with van der Waals surface area (Å²) in [5.41, 5.74) is 0. The third-order valence-electron chi connectivity index (χ3n) is 2.83. The topological polar surface area (TPSA) is 32.8 Å². The molecule has 1 aliphatic rings. The van der Waals surface area contributed by atoms with E-state index in [0.29, 0.717) is 6.04 Å². The van der Waals surface area contributed by atoms with Gasteiger partial charge in [-0.25, -0.2) is 0 Å². The van der Waals surface area contributed by atoms with E-state index in [2.05, 4.69) is 18.4 Å². The Labute approximate surface area is 91.5 Å². The van der Waals surface area contributed by atoms with E-state index in [1.54, 1.807) is 7.11 Å². The molecule has 4 heteroatoms.